The largest absolute Gasteiger partial charge is 0.327 e. The summed E-state index contributed by atoms with van der Waals surface area (Å²) in [7, 11) is -0.507. The van der Waals surface area contributed by atoms with E-state index in [1.807, 2.05) is 30.5 Å². The van der Waals surface area contributed by atoms with E-state index < -0.39 is 10.0 Å². The second kappa shape index (κ2) is 9.11. The van der Waals surface area contributed by atoms with Crippen molar-refractivity contribution in [2.75, 3.05) is 14.1 Å². The molecule has 0 spiro atoms. The number of rotatable bonds is 8. The Morgan fingerprint density at radius 3 is 2.53 bits per heavy atom. The molecule has 0 amide bonds. The third-order valence-corrected chi connectivity index (χ3v) is 8.14. The van der Waals surface area contributed by atoms with Crippen molar-refractivity contribution in [2.24, 2.45) is 0 Å². The minimum Gasteiger partial charge on any atom is -0.327 e. The summed E-state index contributed by atoms with van der Waals surface area (Å²) >= 11 is 1.63. The quantitative estimate of drug-likeness (QED) is 0.413. The van der Waals surface area contributed by atoms with Gasteiger partial charge in [0.1, 0.15) is 11.6 Å². The van der Waals surface area contributed by atoms with Crippen LogP contribution in [0.2, 0.25) is 0 Å². The fraction of sp³-hybridized carbons (Fsp3) is 0.261. The Kier molecular flexibility index (Phi) is 6.43. The molecule has 0 aliphatic rings. The number of aromatic nitrogens is 2. The van der Waals surface area contributed by atoms with Gasteiger partial charge in [-0.3, -0.25) is 5.32 Å². The summed E-state index contributed by atoms with van der Waals surface area (Å²) in [6, 6.07) is 15.5. The Morgan fingerprint density at radius 2 is 1.91 bits per heavy atom. The molecule has 0 aliphatic carbocycles. The fourth-order valence-electron chi connectivity index (χ4n) is 3.71. The first kappa shape index (κ1) is 22.6. The Bertz CT molecular complexity index is 1310. The summed E-state index contributed by atoms with van der Waals surface area (Å²) in [6.45, 7) is 3.21. The van der Waals surface area contributed by atoms with Crippen molar-refractivity contribution in [2.45, 2.75) is 31.0 Å². The molecule has 0 bridgehead atoms. The number of nitrogens with zero attached hydrogens (tertiary/aromatic N) is 3. The van der Waals surface area contributed by atoms with Gasteiger partial charge in [-0.15, -0.1) is 11.3 Å². The summed E-state index contributed by atoms with van der Waals surface area (Å²) < 4.78 is 41.8. The third kappa shape index (κ3) is 4.33. The predicted molar refractivity (Wildman–Crippen MR) is 126 cm³/mol. The zero-order chi connectivity index (χ0) is 22.9. The Morgan fingerprint density at radius 1 is 1.16 bits per heavy atom. The molecule has 2 heterocycles. The van der Waals surface area contributed by atoms with Crippen LogP contribution in [0.4, 0.5) is 4.39 Å². The summed E-state index contributed by atoms with van der Waals surface area (Å²) in [5.41, 5.74) is 2.49. The molecule has 9 heteroatoms. The maximum absolute atomic E-state index is 13.4. The number of benzene rings is 2. The summed E-state index contributed by atoms with van der Waals surface area (Å²) in [6.07, 6.45) is 0. The van der Waals surface area contributed by atoms with Crippen molar-refractivity contribution in [3.05, 3.63) is 82.1 Å². The minimum atomic E-state index is -3.53. The van der Waals surface area contributed by atoms with E-state index in [1.54, 1.807) is 35.6 Å². The number of nitrogens with one attached hydrogen (secondary N) is 1. The standard InChI is InChI=1S/C23H25FN4O2S2/c1-4-28-20-12-11-18(32(29,30)27(2)3)14-19(20)26-22(28)15-25-23(21-6-5-13-31-21)16-7-9-17(24)10-8-16/h5-14,23,25H,4,15H2,1-3H3/t23-/m0/s1. The van der Waals surface area contributed by atoms with E-state index in [4.69, 9.17) is 4.98 Å². The zero-order valence-electron chi connectivity index (χ0n) is 18.1. The summed E-state index contributed by atoms with van der Waals surface area (Å²) in [5.74, 6) is 0.542. The molecule has 2 aromatic heterocycles. The molecule has 2 aromatic carbocycles. The van der Waals surface area contributed by atoms with Gasteiger partial charge in [0, 0.05) is 25.5 Å². The number of sulfonamides is 1. The topological polar surface area (TPSA) is 67.2 Å². The number of hydrogen-bond acceptors (Lipinski definition) is 5. The van der Waals surface area contributed by atoms with E-state index in [0.717, 1.165) is 21.8 Å². The highest BCUT2D eigenvalue weighted by Gasteiger charge is 2.21. The molecule has 0 fully saturated rings. The van der Waals surface area contributed by atoms with Crippen molar-refractivity contribution in [1.82, 2.24) is 19.2 Å². The number of halogens is 1. The fourth-order valence-corrected chi connectivity index (χ4v) is 5.45. The van der Waals surface area contributed by atoms with Gasteiger partial charge in [-0.1, -0.05) is 18.2 Å². The second-order valence-corrected chi connectivity index (χ2v) is 10.7. The molecule has 6 nitrogen and oxygen atoms in total. The number of imidazole rings is 1. The predicted octanol–water partition coefficient (Wildman–Crippen LogP) is 4.39. The van der Waals surface area contributed by atoms with E-state index in [9.17, 15) is 12.8 Å². The van der Waals surface area contributed by atoms with E-state index >= 15 is 0 Å². The number of hydrogen-bond donors (Lipinski definition) is 1. The van der Waals surface area contributed by atoms with Crippen LogP contribution in [0.25, 0.3) is 11.0 Å². The molecule has 4 rings (SSSR count). The van der Waals surface area contributed by atoms with Gasteiger partial charge in [-0.05, 0) is 54.3 Å². The molecule has 0 aliphatic heterocycles. The van der Waals surface area contributed by atoms with Crippen molar-refractivity contribution in [1.29, 1.82) is 0 Å². The average Bonchev–Trinajstić information content (AvgIpc) is 3.42. The average molecular weight is 473 g/mol. The maximum atomic E-state index is 13.4. The van der Waals surface area contributed by atoms with Crippen LogP contribution in [-0.4, -0.2) is 36.4 Å². The Labute approximate surface area is 191 Å². The summed E-state index contributed by atoms with van der Waals surface area (Å²) in [5, 5.41) is 5.57. The van der Waals surface area contributed by atoms with Crippen LogP contribution < -0.4 is 5.32 Å². The molecule has 32 heavy (non-hydrogen) atoms. The number of aryl methyl sites for hydroxylation is 1. The van der Waals surface area contributed by atoms with Crippen LogP contribution >= 0.6 is 11.3 Å². The van der Waals surface area contributed by atoms with Crippen molar-refractivity contribution in [3.8, 4) is 0 Å². The molecule has 4 aromatic rings. The van der Waals surface area contributed by atoms with Crippen LogP contribution in [0.3, 0.4) is 0 Å². The lowest BCUT2D eigenvalue weighted by Crippen LogP contribution is -2.23. The van der Waals surface area contributed by atoms with Crippen LogP contribution in [0, 0.1) is 5.82 Å². The minimum absolute atomic E-state index is 0.106. The highest BCUT2D eigenvalue weighted by atomic mass is 32.2. The van der Waals surface area contributed by atoms with Gasteiger partial charge in [-0.25, -0.2) is 22.1 Å². The van der Waals surface area contributed by atoms with Gasteiger partial charge in [0.2, 0.25) is 10.0 Å². The van der Waals surface area contributed by atoms with Crippen LogP contribution in [0.5, 0.6) is 0 Å². The first-order chi connectivity index (χ1) is 15.3. The van der Waals surface area contributed by atoms with Gasteiger partial charge >= 0.3 is 0 Å². The molecule has 0 radical (unpaired) electrons. The zero-order valence-corrected chi connectivity index (χ0v) is 19.8. The van der Waals surface area contributed by atoms with Gasteiger partial charge in [0.15, 0.2) is 0 Å². The summed E-state index contributed by atoms with van der Waals surface area (Å²) in [4.78, 5) is 6.08. The number of fused-ring (bicyclic) bond motifs is 1. The monoisotopic (exact) mass is 472 g/mol. The van der Waals surface area contributed by atoms with Gasteiger partial charge in [0.25, 0.3) is 0 Å². The Hall–Kier alpha value is -2.59. The molecule has 0 saturated heterocycles. The van der Waals surface area contributed by atoms with E-state index in [1.165, 1.54) is 30.5 Å². The second-order valence-electron chi connectivity index (χ2n) is 7.59. The molecular formula is C23H25FN4O2S2. The van der Waals surface area contributed by atoms with E-state index in [2.05, 4.69) is 9.88 Å². The molecule has 0 unspecified atom stereocenters. The SMILES string of the molecule is CCn1c(CN[C@@H](c2ccc(F)cc2)c2cccs2)nc2cc(S(=O)(=O)N(C)C)ccc21. The first-order valence-corrected chi connectivity index (χ1v) is 12.6. The van der Waals surface area contributed by atoms with Crippen LogP contribution in [-0.2, 0) is 23.1 Å². The van der Waals surface area contributed by atoms with Crippen LogP contribution in [0.15, 0.2) is 64.9 Å². The third-order valence-electron chi connectivity index (χ3n) is 5.39. The lowest BCUT2D eigenvalue weighted by atomic mass is 10.1. The molecular weight excluding hydrogens is 447 g/mol. The van der Waals surface area contributed by atoms with E-state index in [-0.39, 0.29) is 16.8 Å². The van der Waals surface area contributed by atoms with Gasteiger partial charge < -0.3 is 4.57 Å². The molecule has 0 saturated carbocycles. The normalized spacial score (nSPS) is 13.2. The van der Waals surface area contributed by atoms with Crippen molar-refractivity contribution in [3.63, 3.8) is 0 Å². The van der Waals surface area contributed by atoms with Gasteiger partial charge in [-0.2, -0.15) is 0 Å². The maximum Gasteiger partial charge on any atom is 0.242 e. The molecule has 168 valence electrons. The highest BCUT2D eigenvalue weighted by Crippen LogP contribution is 2.27. The van der Waals surface area contributed by atoms with Crippen molar-refractivity contribution < 1.29 is 12.8 Å². The number of thiophene rings is 1. The lowest BCUT2D eigenvalue weighted by Gasteiger charge is -2.18. The highest BCUT2D eigenvalue weighted by molar-refractivity contribution is 7.89. The lowest BCUT2D eigenvalue weighted by molar-refractivity contribution is 0.521. The first-order valence-electron chi connectivity index (χ1n) is 10.2. The molecule has 1 atom stereocenters. The van der Waals surface area contributed by atoms with Crippen molar-refractivity contribution >= 4 is 32.4 Å². The molecule has 1 N–H and O–H groups in total. The Balaban J connectivity index is 1.67. The smallest absolute Gasteiger partial charge is 0.242 e. The van der Waals surface area contributed by atoms with Crippen LogP contribution in [0.1, 0.15) is 29.2 Å². The van der Waals surface area contributed by atoms with E-state index in [0.29, 0.717) is 18.6 Å². The van der Waals surface area contributed by atoms with Gasteiger partial charge in [0.05, 0.1) is 28.5 Å².